The average molecular weight is 392 g/mol. The first-order valence-corrected chi connectivity index (χ1v) is 9.28. The topological polar surface area (TPSA) is 41.6 Å². The van der Waals surface area contributed by atoms with Crippen LogP contribution in [0.15, 0.2) is 48.5 Å². The summed E-state index contributed by atoms with van der Waals surface area (Å²) in [5.74, 6) is -0.321. The summed E-state index contributed by atoms with van der Waals surface area (Å²) in [4.78, 5) is 14.2. The van der Waals surface area contributed by atoms with Crippen molar-refractivity contribution in [1.82, 2.24) is 10.2 Å². The first kappa shape index (κ1) is 20.2. The van der Waals surface area contributed by atoms with Crippen molar-refractivity contribution in [2.75, 3.05) is 26.2 Å². The normalized spacial score (nSPS) is 14.4. The predicted molar refractivity (Wildman–Crippen MR) is 100.0 cm³/mol. The predicted octanol–water partition coefficient (Wildman–Crippen LogP) is 3.65. The average Bonchev–Trinajstić information content (AvgIpc) is 2.69. The zero-order valence-electron chi connectivity index (χ0n) is 15.5. The number of nitrogens with one attached hydrogen (secondary N) is 1. The molecule has 150 valence electrons. The van der Waals surface area contributed by atoms with Crippen molar-refractivity contribution in [2.24, 2.45) is 0 Å². The molecular formula is C21H23F3N2O2. The lowest BCUT2D eigenvalue weighted by Gasteiger charge is -2.28. The fourth-order valence-corrected chi connectivity index (χ4v) is 3.24. The van der Waals surface area contributed by atoms with E-state index in [4.69, 9.17) is 4.74 Å². The second kappa shape index (κ2) is 9.10. The molecule has 7 heteroatoms. The van der Waals surface area contributed by atoms with Crippen LogP contribution in [0, 0.1) is 0 Å². The molecule has 1 amide bonds. The van der Waals surface area contributed by atoms with Gasteiger partial charge in [-0.3, -0.25) is 9.69 Å². The van der Waals surface area contributed by atoms with E-state index in [1.165, 1.54) is 23.3 Å². The fourth-order valence-electron chi connectivity index (χ4n) is 3.24. The largest absolute Gasteiger partial charge is 0.484 e. The Balaban J connectivity index is 1.34. The minimum atomic E-state index is -4.43. The number of halogens is 3. The molecule has 28 heavy (non-hydrogen) atoms. The summed E-state index contributed by atoms with van der Waals surface area (Å²) in [6, 6.07) is 12.9. The maximum atomic E-state index is 12.7. The number of nitrogens with zero attached hydrogens (tertiary/aromatic N) is 1. The van der Waals surface area contributed by atoms with Gasteiger partial charge in [0.05, 0.1) is 5.56 Å². The molecule has 1 aliphatic heterocycles. The Labute approximate surface area is 162 Å². The number of carbonyl (C=O) groups excluding carboxylic acids is 1. The molecule has 0 aromatic heterocycles. The van der Waals surface area contributed by atoms with Crippen molar-refractivity contribution in [3.8, 4) is 5.75 Å². The highest BCUT2D eigenvalue weighted by molar-refractivity contribution is 5.77. The molecule has 0 spiro atoms. The number of amides is 1. The van der Waals surface area contributed by atoms with Crippen LogP contribution < -0.4 is 10.1 Å². The van der Waals surface area contributed by atoms with Gasteiger partial charge in [0, 0.05) is 26.2 Å². The summed E-state index contributed by atoms with van der Waals surface area (Å²) in [7, 11) is 0. The highest BCUT2D eigenvalue weighted by atomic mass is 19.4. The van der Waals surface area contributed by atoms with Crippen molar-refractivity contribution in [1.29, 1.82) is 0 Å². The van der Waals surface area contributed by atoms with Crippen LogP contribution in [0.2, 0.25) is 0 Å². The molecule has 4 nitrogen and oxygen atoms in total. The Morgan fingerprint density at radius 3 is 2.68 bits per heavy atom. The third-order valence-electron chi connectivity index (χ3n) is 4.71. The minimum absolute atomic E-state index is 0.0250. The van der Waals surface area contributed by atoms with Gasteiger partial charge in [-0.15, -0.1) is 0 Å². The van der Waals surface area contributed by atoms with Crippen LogP contribution in [0.4, 0.5) is 13.2 Å². The molecule has 0 radical (unpaired) electrons. The maximum absolute atomic E-state index is 12.7. The van der Waals surface area contributed by atoms with Crippen molar-refractivity contribution in [3.05, 3.63) is 65.2 Å². The summed E-state index contributed by atoms with van der Waals surface area (Å²) < 4.78 is 43.2. The summed E-state index contributed by atoms with van der Waals surface area (Å²) in [5.41, 5.74) is 1.96. The number of benzene rings is 2. The first-order valence-electron chi connectivity index (χ1n) is 9.28. The Hall–Kier alpha value is -2.54. The minimum Gasteiger partial charge on any atom is -0.484 e. The van der Waals surface area contributed by atoms with E-state index in [0.29, 0.717) is 6.54 Å². The number of hydrogen-bond donors (Lipinski definition) is 1. The third-order valence-corrected chi connectivity index (χ3v) is 4.71. The molecule has 0 saturated heterocycles. The lowest BCUT2D eigenvalue weighted by Crippen LogP contribution is -2.35. The van der Waals surface area contributed by atoms with E-state index in [0.717, 1.165) is 44.6 Å². The fraction of sp³-hybridized carbons (Fsp3) is 0.381. The van der Waals surface area contributed by atoms with Crippen LogP contribution in [-0.2, 0) is 23.9 Å². The molecule has 1 N–H and O–H groups in total. The van der Waals surface area contributed by atoms with E-state index in [2.05, 4.69) is 28.4 Å². The van der Waals surface area contributed by atoms with Gasteiger partial charge in [-0.25, -0.2) is 0 Å². The molecule has 0 bridgehead atoms. The van der Waals surface area contributed by atoms with Crippen molar-refractivity contribution < 1.29 is 22.7 Å². The highest BCUT2D eigenvalue weighted by Crippen LogP contribution is 2.31. The summed E-state index contributed by atoms with van der Waals surface area (Å²) >= 11 is 0. The zero-order chi connectivity index (χ0) is 20.0. The van der Waals surface area contributed by atoms with Gasteiger partial charge in [-0.1, -0.05) is 30.3 Å². The van der Waals surface area contributed by atoms with E-state index >= 15 is 0 Å². The van der Waals surface area contributed by atoms with Crippen LogP contribution in [0.3, 0.4) is 0 Å². The van der Waals surface area contributed by atoms with Crippen molar-refractivity contribution in [3.63, 3.8) is 0 Å². The molecule has 3 rings (SSSR count). The Bertz CT molecular complexity index is 808. The molecule has 1 aliphatic rings. The lowest BCUT2D eigenvalue weighted by molar-refractivity contribution is -0.137. The van der Waals surface area contributed by atoms with Gasteiger partial charge in [0.2, 0.25) is 0 Å². The van der Waals surface area contributed by atoms with Crippen LogP contribution in [-0.4, -0.2) is 37.0 Å². The van der Waals surface area contributed by atoms with Crippen LogP contribution in [0.5, 0.6) is 5.75 Å². The van der Waals surface area contributed by atoms with Crippen LogP contribution in [0.25, 0.3) is 0 Å². The molecule has 2 aromatic rings. The summed E-state index contributed by atoms with van der Waals surface area (Å²) in [5, 5.41) is 2.74. The summed E-state index contributed by atoms with van der Waals surface area (Å²) in [6.07, 6.45) is -2.60. The molecule has 2 aromatic carbocycles. The second-order valence-electron chi connectivity index (χ2n) is 6.81. The zero-order valence-corrected chi connectivity index (χ0v) is 15.5. The SMILES string of the molecule is O=C(COc1cccc(C(F)(F)F)c1)NCCCN1CCc2ccccc2C1. The van der Waals surface area contributed by atoms with Crippen molar-refractivity contribution in [2.45, 2.75) is 25.6 Å². The quantitative estimate of drug-likeness (QED) is 0.732. The van der Waals surface area contributed by atoms with E-state index in [1.807, 2.05) is 6.07 Å². The van der Waals surface area contributed by atoms with E-state index in [1.54, 1.807) is 0 Å². The molecule has 0 fully saturated rings. The van der Waals surface area contributed by atoms with Crippen LogP contribution >= 0.6 is 0 Å². The van der Waals surface area contributed by atoms with Gasteiger partial charge >= 0.3 is 6.18 Å². The number of ether oxygens (including phenoxy) is 1. The maximum Gasteiger partial charge on any atom is 0.416 e. The van der Waals surface area contributed by atoms with Gasteiger partial charge in [0.15, 0.2) is 6.61 Å². The molecule has 0 saturated carbocycles. The standard InChI is InChI=1S/C21H23F3N2O2/c22-21(23,24)18-7-3-8-19(13-18)28-15-20(27)25-10-4-11-26-12-9-16-5-1-2-6-17(16)14-26/h1-3,5-8,13H,4,9-12,14-15H2,(H,25,27). The number of rotatable bonds is 7. The Morgan fingerprint density at radius 2 is 1.89 bits per heavy atom. The van der Waals surface area contributed by atoms with Gasteiger partial charge in [0.1, 0.15) is 5.75 Å². The van der Waals surface area contributed by atoms with E-state index in [-0.39, 0.29) is 18.3 Å². The Morgan fingerprint density at radius 1 is 1.11 bits per heavy atom. The number of alkyl halides is 3. The second-order valence-corrected chi connectivity index (χ2v) is 6.81. The van der Waals surface area contributed by atoms with Gasteiger partial charge < -0.3 is 10.1 Å². The monoisotopic (exact) mass is 392 g/mol. The van der Waals surface area contributed by atoms with Gasteiger partial charge in [0.25, 0.3) is 5.91 Å². The lowest BCUT2D eigenvalue weighted by atomic mass is 10.00. The third kappa shape index (κ3) is 5.73. The van der Waals surface area contributed by atoms with Crippen LogP contribution in [0.1, 0.15) is 23.1 Å². The van der Waals surface area contributed by atoms with Gasteiger partial charge in [-0.2, -0.15) is 13.2 Å². The van der Waals surface area contributed by atoms with Gasteiger partial charge in [-0.05, 0) is 42.2 Å². The summed E-state index contributed by atoms with van der Waals surface area (Å²) in [6.45, 7) is 3.00. The number of carbonyl (C=O) groups is 1. The molecule has 0 unspecified atom stereocenters. The molecule has 0 atom stereocenters. The highest BCUT2D eigenvalue weighted by Gasteiger charge is 2.30. The van der Waals surface area contributed by atoms with E-state index in [9.17, 15) is 18.0 Å². The number of fused-ring (bicyclic) bond motifs is 1. The number of hydrogen-bond acceptors (Lipinski definition) is 3. The molecule has 1 heterocycles. The smallest absolute Gasteiger partial charge is 0.416 e. The van der Waals surface area contributed by atoms with Crippen molar-refractivity contribution >= 4 is 5.91 Å². The molecular weight excluding hydrogens is 369 g/mol. The Kier molecular flexibility index (Phi) is 6.57. The first-order chi connectivity index (χ1) is 13.4. The molecule has 0 aliphatic carbocycles. The van der Waals surface area contributed by atoms with E-state index < -0.39 is 11.7 Å².